The molecule has 1 N–H and O–H groups in total. The zero-order chi connectivity index (χ0) is 23.8. The van der Waals surface area contributed by atoms with Gasteiger partial charge in [0.1, 0.15) is 5.69 Å². The molecular weight excluding hydrogens is 461 g/mol. The number of halogens is 3. The highest BCUT2D eigenvalue weighted by Gasteiger charge is 2.42. The fourth-order valence-electron chi connectivity index (χ4n) is 3.71. The van der Waals surface area contributed by atoms with Crippen LogP contribution in [0.5, 0.6) is 5.88 Å². The van der Waals surface area contributed by atoms with E-state index >= 15 is 0 Å². The molecule has 0 spiro atoms. The summed E-state index contributed by atoms with van der Waals surface area (Å²) in [6.07, 6.45) is 4.07. The summed E-state index contributed by atoms with van der Waals surface area (Å²) in [6.45, 7) is 0. The van der Waals surface area contributed by atoms with Crippen LogP contribution in [0.1, 0.15) is 37.3 Å². The molecule has 0 atom stereocenters. The van der Waals surface area contributed by atoms with Gasteiger partial charge < -0.3 is 9.72 Å². The smallest absolute Gasteiger partial charge is 0.400 e. The van der Waals surface area contributed by atoms with Crippen LogP contribution in [0.15, 0.2) is 41.7 Å². The maximum atomic E-state index is 12.7. The molecule has 3 aromatic rings. The standard InChI is InChI=1S/C21H19F3N4O4S/c1-33(30,31)14-9-15(19(27-10-14)32-20(29)21(22,23)24)13-6-7-25-16(8-13)18-26-11-17(28-18)12-4-2-3-5-12/h6-12H,2-5H2,1H3,(H,26,28). The van der Waals surface area contributed by atoms with Crippen molar-refractivity contribution in [1.29, 1.82) is 0 Å². The summed E-state index contributed by atoms with van der Waals surface area (Å²) < 4.78 is 66.6. The Kier molecular flexibility index (Phi) is 5.95. The number of aromatic amines is 1. The van der Waals surface area contributed by atoms with E-state index in [0.29, 0.717) is 17.4 Å². The number of hydrogen-bond acceptors (Lipinski definition) is 7. The number of carbonyl (C=O) groups is 1. The number of nitrogens with zero attached hydrogens (tertiary/aromatic N) is 3. The molecule has 1 aliphatic rings. The molecule has 3 heterocycles. The maximum absolute atomic E-state index is 12.7. The molecule has 3 aromatic heterocycles. The highest BCUT2D eigenvalue weighted by molar-refractivity contribution is 7.90. The molecule has 0 amide bonds. The summed E-state index contributed by atoms with van der Waals surface area (Å²) in [4.78, 5) is 26.7. The van der Waals surface area contributed by atoms with Crippen LogP contribution >= 0.6 is 0 Å². The summed E-state index contributed by atoms with van der Waals surface area (Å²) in [5.41, 5.74) is 1.51. The second-order valence-corrected chi connectivity index (χ2v) is 9.80. The number of sulfone groups is 1. The molecule has 0 aliphatic heterocycles. The number of pyridine rings is 2. The first kappa shape index (κ1) is 22.9. The van der Waals surface area contributed by atoms with Gasteiger partial charge in [0.05, 0.1) is 4.90 Å². The van der Waals surface area contributed by atoms with Crippen LogP contribution in [0, 0.1) is 0 Å². The van der Waals surface area contributed by atoms with Gasteiger partial charge in [0.25, 0.3) is 0 Å². The molecule has 0 aromatic carbocycles. The van der Waals surface area contributed by atoms with Crippen molar-refractivity contribution in [2.75, 3.05) is 6.26 Å². The molecule has 1 saturated carbocycles. The number of nitrogens with one attached hydrogen (secondary N) is 1. The minimum atomic E-state index is -5.25. The van der Waals surface area contributed by atoms with Gasteiger partial charge >= 0.3 is 12.1 Å². The van der Waals surface area contributed by atoms with Crippen LogP contribution in [0.25, 0.3) is 22.6 Å². The topological polar surface area (TPSA) is 115 Å². The highest BCUT2D eigenvalue weighted by atomic mass is 32.2. The molecule has 33 heavy (non-hydrogen) atoms. The van der Waals surface area contributed by atoms with E-state index in [1.807, 2.05) is 0 Å². The number of ether oxygens (including phenoxy) is 1. The third-order valence-electron chi connectivity index (χ3n) is 5.38. The number of esters is 1. The monoisotopic (exact) mass is 480 g/mol. The summed E-state index contributed by atoms with van der Waals surface area (Å²) >= 11 is 0. The Balaban J connectivity index is 1.75. The minimum absolute atomic E-state index is 0.109. The molecule has 1 aliphatic carbocycles. The Labute approximate surface area is 187 Å². The van der Waals surface area contributed by atoms with E-state index in [-0.39, 0.29) is 16.0 Å². The summed E-state index contributed by atoms with van der Waals surface area (Å²) in [5, 5.41) is 0. The first-order valence-corrected chi connectivity index (χ1v) is 11.9. The van der Waals surface area contributed by atoms with Crippen LogP contribution in [-0.2, 0) is 14.6 Å². The highest BCUT2D eigenvalue weighted by Crippen LogP contribution is 2.35. The quantitative estimate of drug-likeness (QED) is 0.548. The summed E-state index contributed by atoms with van der Waals surface area (Å²) in [5.74, 6) is -2.30. The Morgan fingerprint density at radius 2 is 1.85 bits per heavy atom. The Bertz CT molecular complexity index is 1300. The van der Waals surface area contributed by atoms with Gasteiger partial charge in [0, 0.05) is 42.0 Å². The molecule has 1 fully saturated rings. The second-order valence-electron chi connectivity index (χ2n) is 7.78. The lowest BCUT2D eigenvalue weighted by Crippen LogP contribution is -2.28. The molecular formula is C21H19F3N4O4S. The van der Waals surface area contributed by atoms with Crippen molar-refractivity contribution in [3.8, 4) is 28.5 Å². The Morgan fingerprint density at radius 1 is 1.12 bits per heavy atom. The Hall–Kier alpha value is -3.28. The SMILES string of the molecule is CS(=O)(=O)c1cnc(OC(=O)C(F)(F)F)c(-c2ccnc(-c3ncc(C4CCCC4)[nH]3)c2)c1. The van der Waals surface area contributed by atoms with Gasteiger partial charge in [-0.1, -0.05) is 12.8 Å². The first-order chi connectivity index (χ1) is 15.5. The zero-order valence-electron chi connectivity index (χ0n) is 17.4. The van der Waals surface area contributed by atoms with Crippen LogP contribution in [-0.4, -0.2) is 46.8 Å². The molecule has 0 radical (unpaired) electrons. The predicted octanol–water partition coefficient (Wildman–Crippen LogP) is 4.06. The normalized spacial score (nSPS) is 15.0. The predicted molar refractivity (Wildman–Crippen MR) is 111 cm³/mol. The fourth-order valence-corrected chi connectivity index (χ4v) is 4.28. The zero-order valence-corrected chi connectivity index (χ0v) is 18.2. The maximum Gasteiger partial charge on any atom is 0.491 e. The average Bonchev–Trinajstić information content (AvgIpc) is 3.44. The molecule has 0 saturated heterocycles. The van der Waals surface area contributed by atoms with Gasteiger partial charge in [-0.15, -0.1) is 0 Å². The number of alkyl halides is 3. The molecule has 8 nitrogen and oxygen atoms in total. The van der Waals surface area contributed by atoms with E-state index in [4.69, 9.17) is 0 Å². The van der Waals surface area contributed by atoms with Crippen molar-refractivity contribution in [3.63, 3.8) is 0 Å². The van der Waals surface area contributed by atoms with Crippen molar-refractivity contribution in [2.24, 2.45) is 0 Å². The minimum Gasteiger partial charge on any atom is -0.400 e. The lowest BCUT2D eigenvalue weighted by molar-refractivity contribution is -0.189. The number of carbonyl (C=O) groups excluding carboxylic acids is 1. The molecule has 174 valence electrons. The van der Waals surface area contributed by atoms with E-state index in [2.05, 4.69) is 24.7 Å². The van der Waals surface area contributed by atoms with E-state index in [1.165, 1.54) is 18.3 Å². The van der Waals surface area contributed by atoms with Crippen molar-refractivity contribution in [2.45, 2.75) is 42.7 Å². The number of imidazole rings is 1. The van der Waals surface area contributed by atoms with Gasteiger partial charge in [-0.3, -0.25) is 4.98 Å². The molecule has 4 rings (SSSR count). The molecule has 0 bridgehead atoms. The number of rotatable bonds is 5. The van der Waals surface area contributed by atoms with Crippen molar-refractivity contribution < 1.29 is 31.1 Å². The van der Waals surface area contributed by atoms with Gasteiger partial charge in [0.2, 0.25) is 5.88 Å². The molecule has 0 unspecified atom stereocenters. The number of hydrogen-bond donors (Lipinski definition) is 1. The summed E-state index contributed by atoms with van der Waals surface area (Å²) in [6, 6.07) is 4.05. The third-order valence-corrected chi connectivity index (χ3v) is 6.46. The van der Waals surface area contributed by atoms with Crippen molar-refractivity contribution in [3.05, 3.63) is 42.5 Å². The Morgan fingerprint density at radius 3 is 2.52 bits per heavy atom. The van der Waals surface area contributed by atoms with Gasteiger partial charge in [0.15, 0.2) is 15.7 Å². The van der Waals surface area contributed by atoms with Crippen molar-refractivity contribution in [1.82, 2.24) is 19.9 Å². The average molecular weight is 480 g/mol. The van der Waals surface area contributed by atoms with Gasteiger partial charge in [-0.2, -0.15) is 13.2 Å². The van der Waals surface area contributed by atoms with Gasteiger partial charge in [-0.05, 0) is 36.6 Å². The van der Waals surface area contributed by atoms with Crippen molar-refractivity contribution >= 4 is 15.8 Å². The first-order valence-electron chi connectivity index (χ1n) is 10.0. The third kappa shape index (κ3) is 5.05. The van der Waals surface area contributed by atoms with Gasteiger partial charge in [-0.25, -0.2) is 23.2 Å². The lowest BCUT2D eigenvalue weighted by atomic mass is 10.1. The van der Waals surface area contributed by atoms with E-state index in [1.54, 1.807) is 6.20 Å². The molecule has 12 heteroatoms. The largest absolute Gasteiger partial charge is 0.491 e. The second kappa shape index (κ2) is 8.58. The fraction of sp³-hybridized carbons (Fsp3) is 0.333. The van der Waals surface area contributed by atoms with Crippen LogP contribution in [0.4, 0.5) is 13.2 Å². The van der Waals surface area contributed by atoms with E-state index in [9.17, 15) is 26.4 Å². The van der Waals surface area contributed by atoms with Crippen LogP contribution in [0.3, 0.4) is 0 Å². The number of H-pyrrole nitrogens is 1. The van der Waals surface area contributed by atoms with Crippen LogP contribution < -0.4 is 4.74 Å². The number of aromatic nitrogens is 4. The van der Waals surface area contributed by atoms with E-state index < -0.39 is 27.9 Å². The van der Waals surface area contributed by atoms with E-state index in [0.717, 1.165) is 49.9 Å². The summed E-state index contributed by atoms with van der Waals surface area (Å²) in [7, 11) is -3.73. The lowest BCUT2D eigenvalue weighted by Gasteiger charge is -2.12. The van der Waals surface area contributed by atoms with Crippen LogP contribution in [0.2, 0.25) is 0 Å².